The number of nitrogens with one attached hydrogen (secondary N) is 2. The molecule has 1 unspecified atom stereocenters. The predicted molar refractivity (Wildman–Crippen MR) is 85.8 cm³/mol. The lowest BCUT2D eigenvalue weighted by atomic mass is 9.60. The molecule has 4 N–H and O–H groups in total. The number of carboxylic acid groups (broad SMARTS) is 1. The monoisotopic (exact) mass is 352 g/mol. The van der Waals surface area contributed by atoms with E-state index in [1.807, 2.05) is 0 Å². The van der Waals surface area contributed by atoms with E-state index in [-0.39, 0.29) is 18.3 Å². The maximum Gasteiger partial charge on any atom is 0.405 e. The lowest BCUT2D eigenvalue weighted by Crippen LogP contribution is -2.70. The van der Waals surface area contributed by atoms with Gasteiger partial charge in [-0.05, 0) is 56.4 Å². The van der Waals surface area contributed by atoms with Crippen molar-refractivity contribution in [3.8, 4) is 5.75 Å². The maximum absolute atomic E-state index is 12.8. The Labute approximate surface area is 144 Å². The highest BCUT2D eigenvalue weighted by Gasteiger charge is 2.55. The Kier molecular flexibility index (Phi) is 4.55. The summed E-state index contributed by atoms with van der Waals surface area (Å²) in [5, 5.41) is 24.7. The molecule has 1 aromatic carbocycles. The van der Waals surface area contributed by atoms with Crippen molar-refractivity contribution in [2.45, 2.75) is 49.3 Å². The van der Waals surface area contributed by atoms with E-state index in [2.05, 4.69) is 10.6 Å². The van der Waals surface area contributed by atoms with Crippen LogP contribution in [0, 0.1) is 5.82 Å². The summed E-state index contributed by atoms with van der Waals surface area (Å²) in [5.41, 5.74) is -1.35. The molecular formula is C17H21FN2O5. The number of carbonyl (C=O) groups is 2. The smallest absolute Gasteiger partial charge is 0.405 e. The van der Waals surface area contributed by atoms with Crippen LogP contribution in [0.25, 0.3) is 0 Å². The van der Waals surface area contributed by atoms with Crippen LogP contribution in [0.1, 0.15) is 32.1 Å². The number of aliphatic hydroxyl groups is 1. The molecule has 7 nitrogen and oxygen atoms in total. The number of hydrogen-bond acceptors (Lipinski definition) is 4. The molecule has 0 aliphatic heterocycles. The highest BCUT2D eigenvalue weighted by Crippen LogP contribution is 2.47. The summed E-state index contributed by atoms with van der Waals surface area (Å²) < 4.78 is 18.2. The molecule has 4 rings (SSSR count). The van der Waals surface area contributed by atoms with Crippen molar-refractivity contribution in [3.05, 3.63) is 30.1 Å². The van der Waals surface area contributed by atoms with E-state index in [0.29, 0.717) is 37.9 Å². The van der Waals surface area contributed by atoms with Crippen LogP contribution in [0.3, 0.4) is 0 Å². The minimum absolute atomic E-state index is 0.206. The fraction of sp³-hybridized carbons (Fsp3) is 0.529. The van der Waals surface area contributed by atoms with E-state index in [0.717, 1.165) is 0 Å². The van der Waals surface area contributed by atoms with E-state index in [9.17, 15) is 19.1 Å². The van der Waals surface area contributed by atoms with Crippen LogP contribution in [0.2, 0.25) is 0 Å². The fourth-order valence-electron chi connectivity index (χ4n) is 3.89. The summed E-state index contributed by atoms with van der Waals surface area (Å²) in [4.78, 5) is 23.2. The van der Waals surface area contributed by atoms with Crippen molar-refractivity contribution in [1.82, 2.24) is 10.6 Å². The third-order valence-corrected chi connectivity index (χ3v) is 5.27. The molecule has 3 fully saturated rings. The van der Waals surface area contributed by atoms with Crippen molar-refractivity contribution in [2.24, 2.45) is 0 Å². The first-order valence-corrected chi connectivity index (χ1v) is 8.21. The van der Waals surface area contributed by atoms with Gasteiger partial charge >= 0.3 is 6.09 Å². The van der Waals surface area contributed by atoms with Crippen molar-refractivity contribution in [3.63, 3.8) is 0 Å². The van der Waals surface area contributed by atoms with E-state index < -0.39 is 23.3 Å². The van der Waals surface area contributed by atoms with Gasteiger partial charge in [0.15, 0.2) is 6.61 Å². The summed E-state index contributed by atoms with van der Waals surface area (Å²) >= 11 is 0. The number of rotatable bonds is 5. The van der Waals surface area contributed by atoms with Gasteiger partial charge in [-0.1, -0.05) is 0 Å². The molecule has 3 aliphatic rings. The van der Waals surface area contributed by atoms with Gasteiger partial charge < -0.3 is 25.6 Å². The van der Waals surface area contributed by atoms with Gasteiger partial charge in [-0.3, -0.25) is 4.79 Å². The Bertz CT molecular complexity index is 656. The SMILES string of the molecule is O=C(O)NC12CCC(NC(=O)COc3ccc(F)cc3)(CC1)CC2O. The quantitative estimate of drug-likeness (QED) is 0.641. The van der Waals surface area contributed by atoms with E-state index in [4.69, 9.17) is 9.84 Å². The average molecular weight is 352 g/mol. The predicted octanol–water partition coefficient (Wildman–Crippen LogP) is 1.40. The van der Waals surface area contributed by atoms with E-state index in [1.165, 1.54) is 24.3 Å². The number of amides is 2. The van der Waals surface area contributed by atoms with Gasteiger partial charge in [-0.15, -0.1) is 0 Å². The minimum atomic E-state index is -1.15. The lowest BCUT2D eigenvalue weighted by molar-refractivity contribution is -0.129. The van der Waals surface area contributed by atoms with E-state index >= 15 is 0 Å². The number of benzene rings is 1. The Morgan fingerprint density at radius 2 is 1.80 bits per heavy atom. The summed E-state index contributed by atoms with van der Waals surface area (Å²) in [6.45, 7) is -0.206. The first-order chi connectivity index (χ1) is 11.8. The van der Waals surface area contributed by atoms with Crippen LogP contribution in [0.15, 0.2) is 24.3 Å². The van der Waals surface area contributed by atoms with Crippen molar-refractivity contribution >= 4 is 12.0 Å². The van der Waals surface area contributed by atoms with Gasteiger partial charge in [-0.2, -0.15) is 0 Å². The highest BCUT2D eigenvalue weighted by molar-refractivity contribution is 5.78. The standard InChI is InChI=1S/C17H21FN2O5/c18-11-1-3-12(4-2-11)25-10-14(22)19-16-5-7-17(8-6-16,13(21)9-16)20-15(23)24/h1-4,13,20-21H,5-10H2,(H,19,22)(H,23,24). The summed E-state index contributed by atoms with van der Waals surface area (Å²) in [5.74, 6) is -0.310. The molecule has 1 aromatic rings. The van der Waals surface area contributed by atoms with Crippen LogP contribution in [-0.4, -0.2) is 46.0 Å². The first-order valence-electron chi connectivity index (χ1n) is 8.21. The van der Waals surface area contributed by atoms with Crippen LogP contribution >= 0.6 is 0 Å². The van der Waals surface area contributed by atoms with Crippen LogP contribution in [-0.2, 0) is 4.79 Å². The zero-order valence-corrected chi connectivity index (χ0v) is 13.6. The Hall–Kier alpha value is -2.35. The zero-order chi connectivity index (χ0) is 18.1. The molecule has 1 atom stereocenters. The molecule has 25 heavy (non-hydrogen) atoms. The molecule has 0 saturated heterocycles. The minimum Gasteiger partial charge on any atom is -0.484 e. The molecule has 3 aliphatic carbocycles. The second-order valence-electron chi connectivity index (χ2n) is 6.88. The summed E-state index contributed by atoms with van der Waals surface area (Å²) in [7, 11) is 0. The van der Waals surface area contributed by atoms with Crippen molar-refractivity contribution in [2.75, 3.05) is 6.61 Å². The highest BCUT2D eigenvalue weighted by atomic mass is 19.1. The van der Waals surface area contributed by atoms with Gasteiger partial charge in [-0.25, -0.2) is 9.18 Å². The van der Waals surface area contributed by atoms with Gasteiger partial charge in [0.05, 0.1) is 11.6 Å². The van der Waals surface area contributed by atoms with Gasteiger partial charge in [0.25, 0.3) is 5.91 Å². The number of halogens is 1. The molecule has 8 heteroatoms. The molecule has 2 amide bonds. The van der Waals surface area contributed by atoms with Gasteiger partial charge in [0.2, 0.25) is 0 Å². The maximum atomic E-state index is 12.8. The third kappa shape index (κ3) is 3.68. The molecule has 0 aromatic heterocycles. The van der Waals surface area contributed by atoms with Crippen molar-refractivity contribution < 1.29 is 28.9 Å². The molecule has 0 spiro atoms. The number of fused-ring (bicyclic) bond motifs is 3. The molecule has 3 saturated carbocycles. The number of carbonyl (C=O) groups excluding carboxylic acids is 1. The van der Waals surface area contributed by atoms with Gasteiger partial charge in [0, 0.05) is 5.54 Å². The largest absolute Gasteiger partial charge is 0.484 e. The summed E-state index contributed by atoms with van der Waals surface area (Å²) in [6.07, 6.45) is 0.433. The molecular weight excluding hydrogens is 331 g/mol. The normalized spacial score (nSPS) is 30.6. The lowest BCUT2D eigenvalue weighted by Gasteiger charge is -2.55. The van der Waals surface area contributed by atoms with Crippen LogP contribution in [0.5, 0.6) is 5.75 Å². The third-order valence-electron chi connectivity index (χ3n) is 5.27. The second kappa shape index (κ2) is 6.51. The van der Waals surface area contributed by atoms with Crippen molar-refractivity contribution in [1.29, 1.82) is 0 Å². The molecule has 2 bridgehead atoms. The number of aliphatic hydroxyl groups excluding tert-OH is 1. The van der Waals surface area contributed by atoms with Crippen LogP contribution in [0.4, 0.5) is 9.18 Å². The molecule has 0 heterocycles. The summed E-state index contributed by atoms with van der Waals surface area (Å²) in [6, 6.07) is 5.38. The Balaban J connectivity index is 1.55. The van der Waals surface area contributed by atoms with E-state index in [1.54, 1.807) is 0 Å². The number of ether oxygens (including phenoxy) is 1. The zero-order valence-electron chi connectivity index (χ0n) is 13.6. The van der Waals surface area contributed by atoms with Crippen LogP contribution < -0.4 is 15.4 Å². The first kappa shape index (κ1) is 17.5. The molecule has 136 valence electrons. The average Bonchev–Trinajstić information content (AvgIpc) is 2.55. The Morgan fingerprint density at radius 1 is 1.16 bits per heavy atom. The topological polar surface area (TPSA) is 108 Å². The Morgan fingerprint density at radius 3 is 2.36 bits per heavy atom. The fourth-order valence-corrected chi connectivity index (χ4v) is 3.89. The molecule has 0 radical (unpaired) electrons. The van der Waals surface area contributed by atoms with Gasteiger partial charge in [0.1, 0.15) is 11.6 Å². The number of hydrogen-bond donors (Lipinski definition) is 4. The second-order valence-corrected chi connectivity index (χ2v) is 6.88.